The van der Waals surface area contributed by atoms with Crippen molar-refractivity contribution in [3.05, 3.63) is 58.5 Å². The third-order valence-corrected chi connectivity index (χ3v) is 2.80. The van der Waals surface area contributed by atoms with Crippen LogP contribution in [0.25, 0.3) is 16.6 Å². The number of benzene rings is 1. The number of nitrogens with two attached hydrogens (primary N) is 1. The average Bonchev–Trinajstić information content (AvgIpc) is 2.38. The van der Waals surface area contributed by atoms with Crippen LogP contribution in [0, 0.1) is 0 Å². The Morgan fingerprint density at radius 2 is 1.94 bits per heavy atom. The number of amides is 1. The lowest BCUT2D eigenvalue weighted by Gasteiger charge is -2.04. The predicted molar refractivity (Wildman–Crippen MR) is 67.5 cm³/mol. The fourth-order valence-corrected chi connectivity index (χ4v) is 1.90. The molecule has 2 N–H and O–H groups in total. The molecule has 0 radical (unpaired) electrons. The molecule has 0 atom stereocenters. The summed E-state index contributed by atoms with van der Waals surface area (Å²) in [4.78, 5) is 27.7. The summed E-state index contributed by atoms with van der Waals surface area (Å²) in [5.41, 5.74) is 6.39. The normalized spacial score (nSPS) is 10.9. The molecule has 1 aromatic carbocycles. The average molecular weight is 239 g/mol. The van der Waals surface area contributed by atoms with Gasteiger partial charge >= 0.3 is 0 Å². The number of nitrogens with zero attached hydrogens (tertiary/aromatic N) is 2. The van der Waals surface area contributed by atoms with Gasteiger partial charge in [-0.3, -0.25) is 14.0 Å². The fourth-order valence-electron chi connectivity index (χ4n) is 1.90. The number of carbonyl (C=O) groups is 1. The maximum Gasteiger partial charge on any atom is 0.265 e. The summed E-state index contributed by atoms with van der Waals surface area (Å²) in [7, 11) is 0. The topological polar surface area (TPSA) is 77.5 Å². The predicted octanol–water partition coefficient (Wildman–Crippen LogP) is 0.947. The smallest absolute Gasteiger partial charge is 0.265 e. The molecule has 3 rings (SSSR count). The Kier molecular flexibility index (Phi) is 2.13. The van der Waals surface area contributed by atoms with Gasteiger partial charge in [0.15, 0.2) is 0 Å². The summed E-state index contributed by atoms with van der Waals surface area (Å²) in [5, 5.41) is 0.511. The Morgan fingerprint density at radius 3 is 2.72 bits per heavy atom. The molecule has 0 saturated carbocycles. The second-order valence-electron chi connectivity index (χ2n) is 3.94. The Balaban J connectivity index is 2.49. The molecule has 0 unspecified atom stereocenters. The summed E-state index contributed by atoms with van der Waals surface area (Å²) in [6, 6.07) is 10.2. The molecule has 88 valence electrons. The van der Waals surface area contributed by atoms with Gasteiger partial charge in [0.1, 0.15) is 5.65 Å². The zero-order valence-electron chi connectivity index (χ0n) is 9.33. The van der Waals surface area contributed by atoms with E-state index in [0.717, 1.165) is 0 Å². The highest BCUT2D eigenvalue weighted by molar-refractivity contribution is 5.93. The van der Waals surface area contributed by atoms with Crippen LogP contribution in [0.5, 0.6) is 0 Å². The van der Waals surface area contributed by atoms with Crippen molar-refractivity contribution in [3.8, 4) is 0 Å². The zero-order valence-corrected chi connectivity index (χ0v) is 9.33. The molecular weight excluding hydrogens is 230 g/mol. The van der Waals surface area contributed by atoms with Crippen LogP contribution in [0.2, 0.25) is 0 Å². The zero-order chi connectivity index (χ0) is 12.7. The number of hydrogen-bond acceptors (Lipinski definition) is 3. The second-order valence-corrected chi connectivity index (χ2v) is 3.94. The first-order chi connectivity index (χ1) is 8.66. The number of rotatable bonds is 1. The molecule has 0 spiro atoms. The van der Waals surface area contributed by atoms with E-state index in [1.54, 1.807) is 30.3 Å². The van der Waals surface area contributed by atoms with Gasteiger partial charge in [-0.1, -0.05) is 12.1 Å². The van der Waals surface area contributed by atoms with E-state index in [1.165, 1.54) is 10.6 Å². The molecule has 5 nitrogen and oxygen atoms in total. The standard InChI is InChI=1S/C13H9N3O2/c14-12(17)8-5-6-11-15-10-4-2-1-3-9(10)13(18)16(11)7-8/h1-7H,(H2,14,17). The molecule has 0 aliphatic heterocycles. The molecule has 2 heterocycles. The Labute approximate surface area is 101 Å². The van der Waals surface area contributed by atoms with E-state index in [1.807, 2.05) is 6.07 Å². The van der Waals surface area contributed by atoms with Gasteiger partial charge in [0.05, 0.1) is 16.5 Å². The molecule has 0 saturated heterocycles. The van der Waals surface area contributed by atoms with Gasteiger partial charge in [-0.2, -0.15) is 0 Å². The fraction of sp³-hybridized carbons (Fsp3) is 0. The van der Waals surface area contributed by atoms with Crippen molar-refractivity contribution in [2.45, 2.75) is 0 Å². The van der Waals surface area contributed by atoms with E-state index in [-0.39, 0.29) is 11.1 Å². The number of hydrogen-bond donors (Lipinski definition) is 1. The van der Waals surface area contributed by atoms with E-state index < -0.39 is 5.91 Å². The first-order valence-corrected chi connectivity index (χ1v) is 5.38. The van der Waals surface area contributed by atoms with E-state index in [0.29, 0.717) is 16.6 Å². The summed E-state index contributed by atoms with van der Waals surface area (Å²) in [6.45, 7) is 0. The van der Waals surface area contributed by atoms with Crippen LogP contribution in [-0.4, -0.2) is 15.3 Å². The minimum absolute atomic E-state index is 0.210. The summed E-state index contributed by atoms with van der Waals surface area (Å²) in [6.07, 6.45) is 1.42. The molecule has 1 amide bonds. The molecule has 0 aliphatic carbocycles. The highest BCUT2D eigenvalue weighted by atomic mass is 16.1. The lowest BCUT2D eigenvalue weighted by Crippen LogP contribution is -2.18. The molecule has 0 bridgehead atoms. The molecule has 2 aromatic heterocycles. The molecule has 3 aromatic rings. The van der Waals surface area contributed by atoms with Crippen molar-refractivity contribution in [3.63, 3.8) is 0 Å². The molecule has 0 aliphatic rings. The highest BCUT2D eigenvalue weighted by Gasteiger charge is 2.07. The minimum atomic E-state index is -0.572. The highest BCUT2D eigenvalue weighted by Crippen LogP contribution is 2.09. The second kappa shape index (κ2) is 3.66. The Hall–Kier alpha value is -2.69. The van der Waals surface area contributed by atoms with Crippen molar-refractivity contribution < 1.29 is 4.79 Å². The van der Waals surface area contributed by atoms with Crippen molar-refractivity contribution in [2.24, 2.45) is 5.73 Å². The summed E-state index contributed by atoms with van der Waals surface area (Å²) < 4.78 is 1.34. The Bertz CT molecular complexity index is 836. The van der Waals surface area contributed by atoms with Crippen molar-refractivity contribution in [1.29, 1.82) is 0 Å². The SMILES string of the molecule is NC(=O)c1ccc2nc3ccccc3c(=O)n2c1. The van der Waals surface area contributed by atoms with Gasteiger partial charge in [-0.15, -0.1) is 0 Å². The monoisotopic (exact) mass is 239 g/mol. The maximum absolute atomic E-state index is 12.2. The Morgan fingerprint density at radius 1 is 1.17 bits per heavy atom. The van der Waals surface area contributed by atoms with Crippen molar-refractivity contribution >= 4 is 22.5 Å². The minimum Gasteiger partial charge on any atom is -0.366 e. The third kappa shape index (κ3) is 1.45. The lowest BCUT2D eigenvalue weighted by atomic mass is 10.2. The van der Waals surface area contributed by atoms with Crippen molar-refractivity contribution in [2.75, 3.05) is 0 Å². The summed E-state index contributed by atoms with van der Waals surface area (Å²) in [5.74, 6) is -0.572. The van der Waals surface area contributed by atoms with Crippen LogP contribution >= 0.6 is 0 Å². The number of fused-ring (bicyclic) bond motifs is 2. The van der Waals surface area contributed by atoms with Crippen LogP contribution in [0.1, 0.15) is 10.4 Å². The number of primary amides is 1. The number of carbonyl (C=O) groups excluding carboxylic acids is 1. The number of pyridine rings is 1. The van der Waals surface area contributed by atoms with Gasteiger partial charge < -0.3 is 5.73 Å². The third-order valence-electron chi connectivity index (χ3n) is 2.80. The number of para-hydroxylation sites is 1. The van der Waals surface area contributed by atoms with Gasteiger partial charge in [0.2, 0.25) is 5.91 Å². The van der Waals surface area contributed by atoms with Crippen molar-refractivity contribution in [1.82, 2.24) is 9.38 Å². The molecular formula is C13H9N3O2. The molecule has 18 heavy (non-hydrogen) atoms. The number of aromatic nitrogens is 2. The van der Waals surface area contributed by atoms with Crippen LogP contribution in [0.3, 0.4) is 0 Å². The maximum atomic E-state index is 12.2. The lowest BCUT2D eigenvalue weighted by molar-refractivity contribution is 0.1000. The largest absolute Gasteiger partial charge is 0.366 e. The quantitative estimate of drug-likeness (QED) is 0.642. The first-order valence-electron chi connectivity index (χ1n) is 5.38. The van der Waals surface area contributed by atoms with Gasteiger partial charge in [-0.25, -0.2) is 4.98 Å². The van der Waals surface area contributed by atoms with Crippen LogP contribution in [-0.2, 0) is 0 Å². The van der Waals surface area contributed by atoms with E-state index in [9.17, 15) is 9.59 Å². The molecule has 0 fully saturated rings. The van der Waals surface area contributed by atoms with Crippen LogP contribution in [0.4, 0.5) is 0 Å². The molecule has 5 heteroatoms. The van der Waals surface area contributed by atoms with E-state index in [2.05, 4.69) is 4.98 Å². The van der Waals surface area contributed by atoms with Crippen LogP contribution in [0.15, 0.2) is 47.4 Å². The van der Waals surface area contributed by atoms with Gasteiger partial charge in [-0.05, 0) is 24.3 Å². The van der Waals surface area contributed by atoms with Gasteiger partial charge in [0.25, 0.3) is 5.56 Å². The first kappa shape index (κ1) is 10.5. The van der Waals surface area contributed by atoms with Gasteiger partial charge in [0, 0.05) is 6.20 Å². The van der Waals surface area contributed by atoms with Crippen LogP contribution < -0.4 is 11.3 Å². The van der Waals surface area contributed by atoms with E-state index in [4.69, 9.17) is 5.73 Å². The van der Waals surface area contributed by atoms with E-state index >= 15 is 0 Å². The summed E-state index contributed by atoms with van der Waals surface area (Å²) >= 11 is 0.